The van der Waals surface area contributed by atoms with E-state index in [0.29, 0.717) is 17.0 Å². The van der Waals surface area contributed by atoms with Crippen LogP contribution in [-0.2, 0) is 0 Å². The number of nitrogens with zero attached hydrogens (tertiary/aromatic N) is 3. The predicted octanol–water partition coefficient (Wildman–Crippen LogP) is 2.82. The zero-order chi connectivity index (χ0) is 13.9. The van der Waals surface area contributed by atoms with Crippen molar-refractivity contribution in [3.8, 4) is 22.1 Å². The van der Waals surface area contributed by atoms with E-state index in [9.17, 15) is 4.79 Å². The van der Waals surface area contributed by atoms with Crippen LogP contribution in [0.4, 0.5) is 0 Å². The molecule has 0 radical (unpaired) electrons. The number of methoxy groups -OCH3 is 1. The molecule has 1 aromatic carbocycles. The normalized spacial score (nSPS) is 10.4. The van der Waals surface area contributed by atoms with E-state index in [1.165, 1.54) is 11.3 Å². The number of ether oxygens (including phenoxy) is 1. The molecule has 0 atom stereocenters. The summed E-state index contributed by atoms with van der Waals surface area (Å²) in [5.74, 6) is 0.693. The fraction of sp³-hybridized carbons (Fsp3) is 0.0714. The van der Waals surface area contributed by atoms with Crippen molar-refractivity contribution < 1.29 is 9.53 Å². The van der Waals surface area contributed by atoms with Gasteiger partial charge in [0, 0.05) is 17.8 Å². The number of aldehydes is 1. The van der Waals surface area contributed by atoms with Crippen LogP contribution < -0.4 is 4.74 Å². The maximum absolute atomic E-state index is 11.2. The Bertz CT molecular complexity index is 735. The molecule has 0 fully saturated rings. The monoisotopic (exact) mass is 285 g/mol. The molecule has 5 nitrogen and oxygen atoms in total. The molecular formula is C14H11N3O2S. The highest BCUT2D eigenvalue weighted by molar-refractivity contribution is 7.13. The molecule has 0 spiro atoms. The molecule has 0 saturated carbocycles. The fourth-order valence-electron chi connectivity index (χ4n) is 1.92. The zero-order valence-electron chi connectivity index (χ0n) is 10.7. The molecule has 100 valence electrons. The molecule has 0 unspecified atom stereocenters. The van der Waals surface area contributed by atoms with Crippen LogP contribution in [0.2, 0.25) is 0 Å². The Kier molecular flexibility index (Phi) is 3.30. The number of carbonyl (C=O) groups is 1. The van der Waals surface area contributed by atoms with Crippen LogP contribution in [0.25, 0.3) is 16.4 Å². The molecule has 0 amide bonds. The minimum atomic E-state index is 0.505. The maximum atomic E-state index is 11.2. The highest BCUT2D eigenvalue weighted by Gasteiger charge is 2.15. The minimum absolute atomic E-state index is 0.505. The highest BCUT2D eigenvalue weighted by Crippen LogP contribution is 2.27. The van der Waals surface area contributed by atoms with Gasteiger partial charge in [0.05, 0.1) is 12.7 Å². The summed E-state index contributed by atoms with van der Waals surface area (Å²) < 4.78 is 6.95. The lowest BCUT2D eigenvalue weighted by molar-refractivity contribution is 0.112. The average molecular weight is 285 g/mol. The van der Waals surface area contributed by atoms with Crippen LogP contribution in [0.1, 0.15) is 10.4 Å². The topological polar surface area (TPSA) is 57.0 Å². The lowest BCUT2D eigenvalue weighted by Gasteiger charge is -2.07. The Balaban J connectivity index is 2.14. The molecule has 20 heavy (non-hydrogen) atoms. The third-order valence-corrected chi connectivity index (χ3v) is 3.62. The first-order valence-corrected chi connectivity index (χ1v) is 6.79. The summed E-state index contributed by atoms with van der Waals surface area (Å²) in [5, 5.41) is 7.03. The molecule has 2 aromatic heterocycles. The van der Waals surface area contributed by atoms with Gasteiger partial charge >= 0.3 is 0 Å². The lowest BCUT2D eigenvalue weighted by Crippen LogP contribution is -1.98. The van der Waals surface area contributed by atoms with Crippen molar-refractivity contribution in [1.29, 1.82) is 0 Å². The summed E-state index contributed by atoms with van der Waals surface area (Å²) in [6, 6.07) is 7.50. The molecule has 2 heterocycles. The van der Waals surface area contributed by atoms with Gasteiger partial charge in [0.15, 0.2) is 6.29 Å². The third kappa shape index (κ3) is 2.10. The first-order chi connectivity index (χ1) is 9.83. The first-order valence-electron chi connectivity index (χ1n) is 5.91. The summed E-state index contributed by atoms with van der Waals surface area (Å²) in [6.45, 7) is 0. The van der Waals surface area contributed by atoms with Crippen LogP contribution in [0.5, 0.6) is 5.75 Å². The lowest BCUT2D eigenvalue weighted by atomic mass is 10.3. The van der Waals surface area contributed by atoms with E-state index in [2.05, 4.69) is 10.1 Å². The van der Waals surface area contributed by atoms with E-state index in [1.807, 2.05) is 29.6 Å². The maximum Gasteiger partial charge on any atom is 0.153 e. The Labute approximate surface area is 119 Å². The van der Waals surface area contributed by atoms with Crippen LogP contribution >= 0.6 is 11.3 Å². The van der Waals surface area contributed by atoms with E-state index < -0.39 is 0 Å². The SMILES string of the molecule is COc1ccccc1-n1cc(C=O)c(-c2nccs2)n1. The zero-order valence-corrected chi connectivity index (χ0v) is 11.5. The number of rotatable bonds is 4. The third-order valence-electron chi connectivity index (χ3n) is 2.84. The summed E-state index contributed by atoms with van der Waals surface area (Å²) in [5.41, 5.74) is 1.87. The van der Waals surface area contributed by atoms with E-state index in [0.717, 1.165) is 17.0 Å². The number of para-hydroxylation sites is 2. The van der Waals surface area contributed by atoms with E-state index in [4.69, 9.17) is 4.74 Å². The Morgan fingerprint density at radius 2 is 2.20 bits per heavy atom. The number of hydrogen-bond donors (Lipinski definition) is 0. The standard InChI is InChI=1S/C14H11N3O2S/c1-19-12-5-3-2-4-11(12)17-8-10(9-18)13(16-17)14-15-6-7-20-14/h2-9H,1H3. The molecule has 3 aromatic rings. The van der Waals surface area contributed by atoms with Crippen LogP contribution in [0.15, 0.2) is 42.0 Å². The van der Waals surface area contributed by atoms with Crippen molar-refractivity contribution in [3.63, 3.8) is 0 Å². The van der Waals surface area contributed by atoms with Crippen molar-refractivity contribution in [1.82, 2.24) is 14.8 Å². The summed E-state index contributed by atoms with van der Waals surface area (Å²) in [6.07, 6.45) is 4.16. The molecule has 0 bridgehead atoms. The second kappa shape index (κ2) is 5.26. The second-order valence-electron chi connectivity index (χ2n) is 4.00. The van der Waals surface area contributed by atoms with Gasteiger partial charge in [-0.05, 0) is 12.1 Å². The number of thiazole rings is 1. The van der Waals surface area contributed by atoms with Gasteiger partial charge < -0.3 is 4.74 Å². The van der Waals surface area contributed by atoms with E-state index in [1.54, 1.807) is 24.2 Å². The van der Waals surface area contributed by atoms with E-state index >= 15 is 0 Å². The van der Waals surface area contributed by atoms with Crippen molar-refractivity contribution in [3.05, 3.63) is 47.6 Å². The average Bonchev–Trinajstić information content (AvgIpc) is 3.15. The first kappa shape index (κ1) is 12.6. The summed E-state index contributed by atoms with van der Waals surface area (Å²) >= 11 is 1.45. The molecule has 3 rings (SSSR count). The molecule has 0 aliphatic rings. The van der Waals surface area contributed by atoms with Gasteiger partial charge in [0.2, 0.25) is 0 Å². The van der Waals surface area contributed by atoms with Crippen molar-refractivity contribution >= 4 is 17.6 Å². The number of benzene rings is 1. The number of hydrogen-bond acceptors (Lipinski definition) is 5. The van der Waals surface area contributed by atoms with Gasteiger partial charge in [-0.3, -0.25) is 4.79 Å². The molecule has 0 aliphatic carbocycles. The Morgan fingerprint density at radius 1 is 1.35 bits per heavy atom. The van der Waals surface area contributed by atoms with E-state index in [-0.39, 0.29) is 0 Å². The van der Waals surface area contributed by atoms with Crippen LogP contribution in [-0.4, -0.2) is 28.2 Å². The Hall–Kier alpha value is -2.47. The van der Waals surface area contributed by atoms with Gasteiger partial charge in [0.25, 0.3) is 0 Å². The fourth-order valence-corrected chi connectivity index (χ4v) is 2.57. The molecule has 6 heteroatoms. The largest absolute Gasteiger partial charge is 0.494 e. The van der Waals surface area contributed by atoms with Gasteiger partial charge in [-0.25, -0.2) is 9.67 Å². The van der Waals surface area contributed by atoms with Gasteiger partial charge in [-0.1, -0.05) is 12.1 Å². The predicted molar refractivity (Wildman–Crippen MR) is 76.6 cm³/mol. The van der Waals surface area contributed by atoms with Gasteiger partial charge in [-0.2, -0.15) is 5.10 Å². The smallest absolute Gasteiger partial charge is 0.153 e. The second-order valence-corrected chi connectivity index (χ2v) is 4.90. The molecule has 0 saturated heterocycles. The van der Waals surface area contributed by atoms with Crippen LogP contribution in [0.3, 0.4) is 0 Å². The van der Waals surface area contributed by atoms with Crippen molar-refractivity contribution in [2.45, 2.75) is 0 Å². The Morgan fingerprint density at radius 3 is 2.90 bits per heavy atom. The quantitative estimate of drug-likeness (QED) is 0.692. The summed E-state index contributed by atoms with van der Waals surface area (Å²) in [7, 11) is 1.60. The molecule has 0 N–H and O–H groups in total. The van der Waals surface area contributed by atoms with Crippen LogP contribution in [0, 0.1) is 0 Å². The molecule has 0 aliphatic heterocycles. The number of carbonyl (C=O) groups excluding carboxylic acids is 1. The highest BCUT2D eigenvalue weighted by atomic mass is 32.1. The molecular weight excluding hydrogens is 274 g/mol. The minimum Gasteiger partial charge on any atom is -0.494 e. The number of aromatic nitrogens is 3. The van der Waals surface area contributed by atoms with Gasteiger partial charge in [0.1, 0.15) is 22.1 Å². The summed E-state index contributed by atoms with van der Waals surface area (Å²) in [4.78, 5) is 15.4. The van der Waals surface area contributed by atoms with Crippen molar-refractivity contribution in [2.24, 2.45) is 0 Å². The van der Waals surface area contributed by atoms with Crippen molar-refractivity contribution in [2.75, 3.05) is 7.11 Å². The van der Waals surface area contributed by atoms with Gasteiger partial charge in [-0.15, -0.1) is 11.3 Å².